The van der Waals surface area contributed by atoms with Crippen LogP contribution in [0.4, 0.5) is 11.4 Å². The summed E-state index contributed by atoms with van der Waals surface area (Å²) in [5, 5.41) is 6.07. The Hall–Kier alpha value is -1.16. The minimum absolute atomic E-state index is 0.0798. The lowest BCUT2D eigenvalue weighted by Crippen LogP contribution is -2.18. The van der Waals surface area contributed by atoms with Crippen LogP contribution in [0.25, 0.3) is 0 Å². The molecule has 14 heavy (non-hydrogen) atoms. The van der Waals surface area contributed by atoms with E-state index in [1.807, 2.05) is 25.1 Å². The third-order valence-corrected chi connectivity index (χ3v) is 3.07. The predicted octanol–water partition coefficient (Wildman–Crippen LogP) is 2.16. The topological polar surface area (TPSA) is 41.1 Å². The molecule has 0 saturated heterocycles. The van der Waals surface area contributed by atoms with Crippen LogP contribution < -0.4 is 10.6 Å². The Kier molecular flexibility index (Phi) is 2.63. The van der Waals surface area contributed by atoms with E-state index < -0.39 is 0 Å². The summed E-state index contributed by atoms with van der Waals surface area (Å²) in [5.74, 6) is 0.601. The van der Waals surface area contributed by atoms with Gasteiger partial charge in [0.15, 0.2) is 0 Å². The van der Waals surface area contributed by atoms with Crippen molar-refractivity contribution in [3.8, 4) is 0 Å². The highest BCUT2D eigenvalue weighted by atomic mass is 32.2. The second-order valence-electron chi connectivity index (χ2n) is 3.08. The first-order valence-electron chi connectivity index (χ1n) is 4.60. The molecule has 74 valence electrons. The summed E-state index contributed by atoms with van der Waals surface area (Å²) < 4.78 is 0. The van der Waals surface area contributed by atoms with Gasteiger partial charge in [-0.2, -0.15) is 0 Å². The molecule has 0 unspecified atom stereocenters. The summed E-state index contributed by atoms with van der Waals surface area (Å²) in [5.41, 5.74) is 1.97. The van der Waals surface area contributed by atoms with Gasteiger partial charge in [-0.1, -0.05) is 0 Å². The molecule has 0 saturated carbocycles. The maximum Gasteiger partial charge on any atom is 0.234 e. The summed E-state index contributed by atoms with van der Waals surface area (Å²) in [6.45, 7) is 2.94. The normalized spacial score (nSPS) is 14.5. The lowest BCUT2D eigenvalue weighted by Gasteiger charge is -2.17. The van der Waals surface area contributed by atoms with Crippen LogP contribution in [0, 0.1) is 0 Å². The van der Waals surface area contributed by atoms with Crippen molar-refractivity contribution in [1.29, 1.82) is 0 Å². The van der Waals surface area contributed by atoms with E-state index in [9.17, 15) is 4.79 Å². The maximum absolute atomic E-state index is 11.1. The Morgan fingerprint density at radius 1 is 1.57 bits per heavy atom. The minimum atomic E-state index is 0.0798. The highest BCUT2D eigenvalue weighted by Crippen LogP contribution is 2.33. The van der Waals surface area contributed by atoms with Crippen LogP contribution in [0.3, 0.4) is 0 Å². The fraction of sp³-hybridized carbons (Fsp3) is 0.300. The van der Waals surface area contributed by atoms with Crippen LogP contribution >= 0.6 is 11.8 Å². The highest BCUT2D eigenvalue weighted by molar-refractivity contribution is 8.00. The summed E-state index contributed by atoms with van der Waals surface area (Å²) in [4.78, 5) is 12.3. The molecule has 3 nitrogen and oxygen atoms in total. The zero-order chi connectivity index (χ0) is 9.97. The van der Waals surface area contributed by atoms with E-state index in [4.69, 9.17) is 0 Å². The zero-order valence-electron chi connectivity index (χ0n) is 7.96. The summed E-state index contributed by atoms with van der Waals surface area (Å²) in [6.07, 6.45) is 0. The van der Waals surface area contributed by atoms with Crippen molar-refractivity contribution >= 4 is 29.0 Å². The number of fused-ring (bicyclic) bond motifs is 1. The fourth-order valence-corrected chi connectivity index (χ4v) is 2.19. The average Bonchev–Trinajstić information content (AvgIpc) is 2.17. The van der Waals surface area contributed by atoms with Crippen molar-refractivity contribution in [2.45, 2.75) is 11.8 Å². The number of amides is 1. The molecule has 0 aromatic heterocycles. The molecule has 2 rings (SSSR count). The van der Waals surface area contributed by atoms with Gasteiger partial charge in [0.2, 0.25) is 5.91 Å². The summed E-state index contributed by atoms with van der Waals surface area (Å²) in [6, 6.07) is 6.05. The second-order valence-corrected chi connectivity index (χ2v) is 4.10. The van der Waals surface area contributed by atoms with Crippen molar-refractivity contribution in [2.24, 2.45) is 0 Å². The van der Waals surface area contributed by atoms with Gasteiger partial charge in [0.25, 0.3) is 0 Å². The van der Waals surface area contributed by atoms with Crippen LogP contribution in [0.15, 0.2) is 23.1 Å². The van der Waals surface area contributed by atoms with E-state index in [0.29, 0.717) is 5.75 Å². The van der Waals surface area contributed by atoms with Crippen molar-refractivity contribution < 1.29 is 4.79 Å². The van der Waals surface area contributed by atoms with Gasteiger partial charge in [0.05, 0.1) is 11.4 Å². The Labute approximate surface area is 87.3 Å². The van der Waals surface area contributed by atoms with E-state index >= 15 is 0 Å². The molecule has 1 aromatic rings. The fourth-order valence-electron chi connectivity index (χ4n) is 1.40. The Morgan fingerprint density at radius 3 is 3.21 bits per heavy atom. The standard InChI is InChI=1S/C10H12N2OS/c1-2-11-7-3-4-9-8(5-7)12-10(13)6-14-9/h3-5,11H,2,6H2,1H3,(H,12,13). The van der Waals surface area contributed by atoms with Gasteiger partial charge in [-0.15, -0.1) is 11.8 Å². The number of rotatable bonds is 2. The van der Waals surface area contributed by atoms with E-state index in [1.54, 1.807) is 11.8 Å². The van der Waals surface area contributed by atoms with Gasteiger partial charge in [-0.3, -0.25) is 4.79 Å². The molecular formula is C10H12N2OS. The molecule has 1 amide bonds. The molecule has 1 aliphatic heterocycles. The molecule has 4 heteroatoms. The maximum atomic E-state index is 11.1. The van der Waals surface area contributed by atoms with Crippen LogP contribution in [0.5, 0.6) is 0 Å². The third kappa shape index (κ3) is 1.85. The van der Waals surface area contributed by atoms with E-state index in [-0.39, 0.29) is 5.91 Å². The SMILES string of the molecule is CCNc1ccc2c(c1)NC(=O)CS2. The molecule has 0 fully saturated rings. The van der Waals surface area contributed by atoms with Gasteiger partial charge < -0.3 is 10.6 Å². The Morgan fingerprint density at radius 2 is 2.43 bits per heavy atom. The lowest BCUT2D eigenvalue weighted by atomic mass is 10.2. The lowest BCUT2D eigenvalue weighted by molar-refractivity contribution is -0.113. The van der Waals surface area contributed by atoms with Crippen LogP contribution in [-0.4, -0.2) is 18.2 Å². The molecular weight excluding hydrogens is 196 g/mol. The average molecular weight is 208 g/mol. The molecule has 0 aliphatic carbocycles. The summed E-state index contributed by atoms with van der Waals surface area (Å²) >= 11 is 1.58. The quantitative estimate of drug-likeness (QED) is 0.782. The first kappa shape index (κ1) is 9.40. The number of thioether (sulfide) groups is 1. The Bertz CT molecular complexity index is 365. The minimum Gasteiger partial charge on any atom is -0.385 e. The molecule has 2 N–H and O–H groups in total. The van der Waals surface area contributed by atoms with E-state index in [1.165, 1.54) is 0 Å². The van der Waals surface area contributed by atoms with Gasteiger partial charge in [0, 0.05) is 17.1 Å². The van der Waals surface area contributed by atoms with E-state index in [2.05, 4.69) is 10.6 Å². The van der Waals surface area contributed by atoms with Crippen molar-refractivity contribution in [3.63, 3.8) is 0 Å². The zero-order valence-corrected chi connectivity index (χ0v) is 8.78. The summed E-state index contributed by atoms with van der Waals surface area (Å²) in [7, 11) is 0. The first-order chi connectivity index (χ1) is 6.79. The largest absolute Gasteiger partial charge is 0.385 e. The first-order valence-corrected chi connectivity index (χ1v) is 5.58. The number of carbonyl (C=O) groups is 1. The van der Waals surface area contributed by atoms with Crippen molar-refractivity contribution in [3.05, 3.63) is 18.2 Å². The van der Waals surface area contributed by atoms with Gasteiger partial charge >= 0.3 is 0 Å². The predicted molar refractivity (Wildman–Crippen MR) is 60.0 cm³/mol. The number of anilines is 2. The third-order valence-electron chi connectivity index (χ3n) is 1.99. The monoisotopic (exact) mass is 208 g/mol. The van der Waals surface area contributed by atoms with Gasteiger partial charge in [0.1, 0.15) is 0 Å². The molecule has 0 spiro atoms. The number of carbonyl (C=O) groups excluding carboxylic acids is 1. The Balaban J connectivity index is 2.28. The second kappa shape index (κ2) is 3.92. The van der Waals surface area contributed by atoms with Crippen LogP contribution in [0.2, 0.25) is 0 Å². The van der Waals surface area contributed by atoms with E-state index in [0.717, 1.165) is 22.8 Å². The molecule has 0 atom stereocenters. The van der Waals surface area contributed by atoms with Crippen LogP contribution in [0.1, 0.15) is 6.92 Å². The number of hydrogen-bond donors (Lipinski definition) is 2. The number of nitrogens with one attached hydrogen (secondary N) is 2. The number of hydrogen-bond acceptors (Lipinski definition) is 3. The molecule has 1 heterocycles. The molecule has 1 aliphatic rings. The van der Waals surface area contributed by atoms with Crippen molar-refractivity contribution in [1.82, 2.24) is 0 Å². The number of benzene rings is 1. The smallest absolute Gasteiger partial charge is 0.234 e. The van der Waals surface area contributed by atoms with Crippen molar-refractivity contribution in [2.75, 3.05) is 22.9 Å². The molecule has 0 radical (unpaired) electrons. The molecule has 0 bridgehead atoms. The molecule has 1 aromatic carbocycles. The van der Waals surface area contributed by atoms with Gasteiger partial charge in [-0.05, 0) is 25.1 Å². The van der Waals surface area contributed by atoms with Gasteiger partial charge in [-0.25, -0.2) is 0 Å². The highest BCUT2D eigenvalue weighted by Gasteiger charge is 2.14. The van der Waals surface area contributed by atoms with Crippen LogP contribution in [-0.2, 0) is 4.79 Å².